The first-order chi connectivity index (χ1) is 11.8. The summed E-state index contributed by atoms with van der Waals surface area (Å²) in [6.45, 7) is 0. The third kappa shape index (κ3) is 3.02. The van der Waals surface area contributed by atoms with Crippen LogP contribution in [0.4, 0.5) is 5.13 Å². The van der Waals surface area contributed by atoms with Gasteiger partial charge < -0.3 is 0 Å². The topological polar surface area (TPSA) is 45.2 Å². The van der Waals surface area contributed by atoms with E-state index in [-0.39, 0.29) is 11.3 Å². The van der Waals surface area contributed by atoms with Crippen LogP contribution in [0.15, 0.2) is 66.0 Å². The van der Waals surface area contributed by atoms with Crippen molar-refractivity contribution < 1.29 is 4.79 Å². The van der Waals surface area contributed by atoms with Crippen LogP contribution in [0, 0.1) is 0 Å². The van der Waals surface area contributed by atoms with E-state index < -0.39 is 0 Å². The molecule has 1 aliphatic rings. The second kappa shape index (κ2) is 6.67. The van der Waals surface area contributed by atoms with Crippen molar-refractivity contribution in [1.82, 2.24) is 9.99 Å². The number of nitrogens with one attached hydrogen (secondary N) is 1. The largest absolute Gasteiger partial charge is 0.272 e. The lowest BCUT2D eigenvalue weighted by atomic mass is 10.2. The molecule has 1 N–H and O–H groups in total. The molecule has 0 saturated carbocycles. The third-order valence-electron chi connectivity index (χ3n) is 3.74. The van der Waals surface area contributed by atoms with Crippen LogP contribution >= 0.6 is 23.1 Å². The molecule has 6 heteroatoms. The van der Waals surface area contributed by atoms with Gasteiger partial charge in [-0.15, -0.1) is 23.1 Å². The van der Waals surface area contributed by atoms with E-state index in [1.165, 1.54) is 11.3 Å². The Morgan fingerprint density at radius 1 is 1.04 bits per heavy atom. The van der Waals surface area contributed by atoms with Gasteiger partial charge in [-0.25, -0.2) is 9.99 Å². The highest BCUT2D eigenvalue weighted by Crippen LogP contribution is 2.39. The summed E-state index contributed by atoms with van der Waals surface area (Å²) < 4.78 is 0. The van der Waals surface area contributed by atoms with E-state index in [0.29, 0.717) is 5.75 Å². The van der Waals surface area contributed by atoms with Crippen LogP contribution in [0.3, 0.4) is 0 Å². The zero-order valence-electron chi connectivity index (χ0n) is 12.8. The molecule has 3 aromatic rings. The van der Waals surface area contributed by atoms with Crippen molar-refractivity contribution >= 4 is 34.1 Å². The van der Waals surface area contributed by atoms with Gasteiger partial charge in [-0.05, 0) is 5.56 Å². The van der Waals surface area contributed by atoms with Crippen LogP contribution < -0.4 is 5.43 Å². The van der Waals surface area contributed by atoms with E-state index in [2.05, 4.69) is 10.4 Å². The Bertz CT molecular complexity index is 836. The van der Waals surface area contributed by atoms with E-state index in [1.807, 2.05) is 66.0 Å². The minimum absolute atomic E-state index is 0.0252. The van der Waals surface area contributed by atoms with Gasteiger partial charge in [-0.3, -0.25) is 10.2 Å². The first-order valence-corrected chi connectivity index (χ1v) is 9.50. The van der Waals surface area contributed by atoms with Crippen LogP contribution in [0.5, 0.6) is 0 Å². The quantitative estimate of drug-likeness (QED) is 0.754. The Kier molecular flexibility index (Phi) is 4.23. The zero-order valence-corrected chi connectivity index (χ0v) is 14.4. The molecule has 120 valence electrons. The molecule has 0 bridgehead atoms. The van der Waals surface area contributed by atoms with Gasteiger partial charge in [0.1, 0.15) is 5.37 Å². The Morgan fingerprint density at radius 2 is 1.75 bits per heavy atom. The predicted octanol–water partition coefficient (Wildman–Crippen LogP) is 4.41. The van der Waals surface area contributed by atoms with E-state index >= 15 is 0 Å². The normalized spacial score (nSPS) is 17.2. The van der Waals surface area contributed by atoms with E-state index in [0.717, 1.165) is 22.0 Å². The van der Waals surface area contributed by atoms with Crippen molar-refractivity contribution in [2.24, 2.45) is 0 Å². The van der Waals surface area contributed by atoms with Crippen LogP contribution in [0.2, 0.25) is 0 Å². The van der Waals surface area contributed by atoms with Crippen molar-refractivity contribution in [3.8, 4) is 11.3 Å². The molecule has 2 aromatic carbocycles. The molecule has 0 spiro atoms. The second-order valence-corrected chi connectivity index (χ2v) is 7.28. The van der Waals surface area contributed by atoms with Crippen molar-refractivity contribution in [3.05, 3.63) is 71.6 Å². The fourth-order valence-corrected chi connectivity index (χ4v) is 4.40. The molecule has 2 heterocycles. The van der Waals surface area contributed by atoms with E-state index in [4.69, 9.17) is 0 Å². The number of carbonyl (C=O) groups excluding carboxylic acids is 1. The SMILES string of the molecule is O=C1CSC(c2ccccc2)N1Nc1nc(-c2ccccc2)cs1. The molecule has 4 rings (SSSR count). The number of thioether (sulfide) groups is 1. The number of anilines is 1. The van der Waals surface area contributed by atoms with Crippen molar-refractivity contribution in [3.63, 3.8) is 0 Å². The Hall–Kier alpha value is -2.31. The molecule has 1 amide bonds. The minimum atomic E-state index is -0.0252. The first-order valence-electron chi connectivity index (χ1n) is 7.57. The van der Waals surface area contributed by atoms with Crippen molar-refractivity contribution in [2.75, 3.05) is 11.2 Å². The molecular formula is C18H15N3OS2. The summed E-state index contributed by atoms with van der Waals surface area (Å²) in [7, 11) is 0. The van der Waals surface area contributed by atoms with Gasteiger partial charge in [0.15, 0.2) is 0 Å². The summed E-state index contributed by atoms with van der Waals surface area (Å²) in [6.07, 6.45) is 0. The summed E-state index contributed by atoms with van der Waals surface area (Å²) in [4.78, 5) is 16.9. The summed E-state index contributed by atoms with van der Waals surface area (Å²) in [5, 5.41) is 4.39. The number of nitrogens with zero attached hydrogens (tertiary/aromatic N) is 2. The van der Waals surface area contributed by atoms with Gasteiger partial charge in [-0.2, -0.15) is 0 Å². The molecule has 0 radical (unpaired) electrons. The monoisotopic (exact) mass is 353 g/mol. The lowest BCUT2D eigenvalue weighted by Gasteiger charge is -2.24. The van der Waals surface area contributed by atoms with E-state index in [9.17, 15) is 4.79 Å². The van der Waals surface area contributed by atoms with Gasteiger partial charge in [0.05, 0.1) is 11.4 Å². The van der Waals surface area contributed by atoms with Gasteiger partial charge in [0.25, 0.3) is 5.91 Å². The van der Waals surface area contributed by atoms with Crippen LogP contribution in [-0.2, 0) is 4.79 Å². The molecule has 1 saturated heterocycles. The van der Waals surface area contributed by atoms with Crippen molar-refractivity contribution in [2.45, 2.75) is 5.37 Å². The van der Waals surface area contributed by atoms with Crippen LogP contribution in [0.1, 0.15) is 10.9 Å². The van der Waals surface area contributed by atoms with Gasteiger partial charge in [0.2, 0.25) is 5.13 Å². The Balaban J connectivity index is 1.56. The number of hydrogen-bond donors (Lipinski definition) is 1. The van der Waals surface area contributed by atoms with Crippen molar-refractivity contribution in [1.29, 1.82) is 0 Å². The van der Waals surface area contributed by atoms with Gasteiger partial charge in [0, 0.05) is 10.9 Å². The van der Waals surface area contributed by atoms with Gasteiger partial charge in [-0.1, -0.05) is 60.7 Å². The highest BCUT2D eigenvalue weighted by Gasteiger charge is 2.33. The van der Waals surface area contributed by atoms with E-state index in [1.54, 1.807) is 16.8 Å². The molecule has 4 nitrogen and oxygen atoms in total. The number of thiazole rings is 1. The second-order valence-electron chi connectivity index (χ2n) is 5.35. The molecule has 1 unspecified atom stereocenters. The minimum Gasteiger partial charge on any atom is -0.272 e. The summed E-state index contributed by atoms with van der Waals surface area (Å²) in [5.41, 5.74) is 6.30. The summed E-state index contributed by atoms with van der Waals surface area (Å²) >= 11 is 3.13. The summed E-state index contributed by atoms with van der Waals surface area (Å²) in [6, 6.07) is 20.1. The fourth-order valence-electron chi connectivity index (χ4n) is 2.58. The third-order valence-corrected chi connectivity index (χ3v) is 5.70. The number of benzene rings is 2. The maximum atomic E-state index is 12.3. The fraction of sp³-hybridized carbons (Fsp3) is 0.111. The highest BCUT2D eigenvalue weighted by molar-refractivity contribution is 8.00. The average Bonchev–Trinajstić information content (AvgIpc) is 3.25. The molecular weight excluding hydrogens is 338 g/mol. The number of rotatable bonds is 4. The smallest absolute Gasteiger partial charge is 0.252 e. The lowest BCUT2D eigenvalue weighted by molar-refractivity contribution is -0.126. The molecule has 24 heavy (non-hydrogen) atoms. The molecule has 1 atom stereocenters. The average molecular weight is 353 g/mol. The molecule has 1 fully saturated rings. The number of carbonyl (C=O) groups is 1. The van der Waals surface area contributed by atoms with Gasteiger partial charge >= 0.3 is 0 Å². The number of amides is 1. The van der Waals surface area contributed by atoms with Crippen LogP contribution in [0.25, 0.3) is 11.3 Å². The lowest BCUT2D eigenvalue weighted by Crippen LogP contribution is -2.33. The number of hydrazine groups is 1. The standard InChI is InChI=1S/C18H15N3OS2/c22-16-12-23-17(14-9-5-2-6-10-14)21(16)20-18-19-15(11-24-18)13-7-3-1-4-8-13/h1-11,17H,12H2,(H,19,20). The molecule has 0 aliphatic carbocycles. The summed E-state index contributed by atoms with van der Waals surface area (Å²) in [5.74, 6) is 0.550. The highest BCUT2D eigenvalue weighted by atomic mass is 32.2. The zero-order chi connectivity index (χ0) is 16.4. The maximum absolute atomic E-state index is 12.3. The molecule has 1 aliphatic heterocycles. The molecule has 1 aromatic heterocycles. The first kappa shape index (κ1) is 15.2. The predicted molar refractivity (Wildman–Crippen MR) is 99.7 cm³/mol. The Morgan fingerprint density at radius 3 is 2.50 bits per heavy atom. The Labute approximate surface area is 148 Å². The number of aromatic nitrogens is 1. The number of hydrogen-bond acceptors (Lipinski definition) is 5. The van der Waals surface area contributed by atoms with Crippen LogP contribution in [-0.4, -0.2) is 21.7 Å². The maximum Gasteiger partial charge on any atom is 0.252 e.